The molecule has 1 unspecified atom stereocenters. The lowest BCUT2D eigenvalue weighted by atomic mass is 9.73. The zero-order chi connectivity index (χ0) is 20.3. The quantitative estimate of drug-likeness (QED) is 0.397. The zero-order valence-electron chi connectivity index (χ0n) is 17.0. The van der Waals surface area contributed by atoms with Crippen LogP contribution in [0.15, 0.2) is 72.3 Å². The third-order valence-corrected chi connectivity index (χ3v) is 6.16. The minimum absolute atomic E-state index is 0.111. The van der Waals surface area contributed by atoms with Crippen LogP contribution in [0.3, 0.4) is 0 Å². The number of hydrogen-bond donors (Lipinski definition) is 0. The van der Waals surface area contributed by atoms with Gasteiger partial charge in [-0.05, 0) is 50.3 Å². The Kier molecular flexibility index (Phi) is 5.84. The van der Waals surface area contributed by atoms with Gasteiger partial charge in [0.25, 0.3) is 0 Å². The number of methoxy groups -OCH3 is 1. The van der Waals surface area contributed by atoms with Crippen molar-refractivity contribution in [3.8, 4) is 0 Å². The SMILES string of the molecule is COC1O[C@@]12CC[C@@H](OC(=O)c1ccccc1)C[C@H]2C(C)=CCc1ccccc1. The number of epoxide rings is 1. The molecule has 1 heterocycles. The summed E-state index contributed by atoms with van der Waals surface area (Å²) < 4.78 is 17.4. The molecule has 4 atom stereocenters. The van der Waals surface area contributed by atoms with Crippen LogP contribution in [0.5, 0.6) is 0 Å². The van der Waals surface area contributed by atoms with Gasteiger partial charge < -0.3 is 14.2 Å². The summed E-state index contributed by atoms with van der Waals surface area (Å²) in [6.45, 7) is 2.16. The van der Waals surface area contributed by atoms with Gasteiger partial charge in [0, 0.05) is 13.0 Å². The van der Waals surface area contributed by atoms with Crippen molar-refractivity contribution < 1.29 is 19.0 Å². The predicted octanol–water partition coefficient (Wildman–Crippen LogP) is 4.94. The molecular weight excluding hydrogens is 364 g/mol. The first kappa shape index (κ1) is 19.9. The van der Waals surface area contributed by atoms with Gasteiger partial charge in [-0.15, -0.1) is 0 Å². The van der Waals surface area contributed by atoms with E-state index < -0.39 is 0 Å². The van der Waals surface area contributed by atoms with Gasteiger partial charge in [0.15, 0.2) is 6.29 Å². The fraction of sp³-hybridized carbons (Fsp3) is 0.400. The van der Waals surface area contributed by atoms with Crippen LogP contribution >= 0.6 is 0 Å². The summed E-state index contributed by atoms with van der Waals surface area (Å²) in [5.41, 5.74) is 2.87. The van der Waals surface area contributed by atoms with Gasteiger partial charge in [0.05, 0.1) is 5.56 Å². The third kappa shape index (κ3) is 4.29. The first-order valence-corrected chi connectivity index (χ1v) is 10.3. The molecule has 4 rings (SSSR count). The van der Waals surface area contributed by atoms with Crippen molar-refractivity contribution in [2.75, 3.05) is 7.11 Å². The summed E-state index contributed by atoms with van der Waals surface area (Å²) in [4.78, 5) is 12.5. The van der Waals surface area contributed by atoms with Gasteiger partial charge in [0.1, 0.15) is 11.7 Å². The molecule has 2 aromatic carbocycles. The summed E-state index contributed by atoms with van der Waals surface area (Å²) >= 11 is 0. The number of esters is 1. The van der Waals surface area contributed by atoms with Crippen LogP contribution in [-0.2, 0) is 20.6 Å². The fourth-order valence-electron chi connectivity index (χ4n) is 4.48. The van der Waals surface area contributed by atoms with E-state index in [-0.39, 0.29) is 29.9 Å². The zero-order valence-corrected chi connectivity index (χ0v) is 17.0. The molecule has 1 saturated carbocycles. The van der Waals surface area contributed by atoms with E-state index in [1.165, 1.54) is 11.1 Å². The lowest BCUT2D eigenvalue weighted by Crippen LogP contribution is -2.39. The molecule has 152 valence electrons. The molecule has 1 saturated heterocycles. The largest absolute Gasteiger partial charge is 0.459 e. The van der Waals surface area contributed by atoms with Gasteiger partial charge in [-0.1, -0.05) is 60.2 Å². The number of ether oxygens (including phenoxy) is 3. The molecule has 1 spiro atoms. The van der Waals surface area contributed by atoms with Crippen LogP contribution in [0.4, 0.5) is 0 Å². The maximum absolute atomic E-state index is 12.5. The monoisotopic (exact) mass is 392 g/mol. The van der Waals surface area contributed by atoms with Crippen molar-refractivity contribution in [1.82, 2.24) is 0 Å². The van der Waals surface area contributed by atoms with Crippen molar-refractivity contribution in [1.29, 1.82) is 0 Å². The van der Waals surface area contributed by atoms with Crippen LogP contribution in [-0.4, -0.2) is 31.1 Å². The topological polar surface area (TPSA) is 48.1 Å². The van der Waals surface area contributed by atoms with Crippen LogP contribution in [0.1, 0.15) is 42.1 Å². The highest BCUT2D eigenvalue weighted by Crippen LogP contribution is 2.54. The Labute approximate surface area is 172 Å². The van der Waals surface area contributed by atoms with Crippen molar-refractivity contribution in [3.63, 3.8) is 0 Å². The van der Waals surface area contributed by atoms with Crippen molar-refractivity contribution in [3.05, 3.63) is 83.4 Å². The van der Waals surface area contributed by atoms with Crippen molar-refractivity contribution in [2.24, 2.45) is 5.92 Å². The Bertz CT molecular complexity index is 861. The fourth-order valence-corrected chi connectivity index (χ4v) is 4.48. The highest BCUT2D eigenvalue weighted by atomic mass is 16.8. The predicted molar refractivity (Wildman–Crippen MR) is 112 cm³/mol. The van der Waals surface area contributed by atoms with Crippen molar-refractivity contribution >= 4 is 5.97 Å². The molecule has 2 aliphatic rings. The summed E-state index contributed by atoms with van der Waals surface area (Å²) in [7, 11) is 1.70. The standard InChI is InChI=1S/C25H28O4/c1-18(13-14-19-9-5-3-6-10-19)22-17-21(15-16-25(22)24(27-2)29-25)28-23(26)20-11-7-4-8-12-20/h3-13,21-22,24H,14-17H2,1-2H3/t21-,22+,24?,25-/m1/s1. The number of benzene rings is 2. The molecular formula is C25H28O4. The van der Waals surface area contributed by atoms with Gasteiger partial charge in [-0.25, -0.2) is 4.79 Å². The molecule has 0 bridgehead atoms. The smallest absolute Gasteiger partial charge is 0.338 e. The molecule has 2 fully saturated rings. The first-order valence-electron chi connectivity index (χ1n) is 10.3. The Morgan fingerprint density at radius 1 is 1.14 bits per heavy atom. The van der Waals surface area contributed by atoms with E-state index in [4.69, 9.17) is 14.2 Å². The third-order valence-electron chi connectivity index (χ3n) is 6.16. The van der Waals surface area contributed by atoms with Gasteiger partial charge >= 0.3 is 5.97 Å². The molecule has 4 nitrogen and oxygen atoms in total. The summed E-state index contributed by atoms with van der Waals surface area (Å²) in [5, 5.41) is 0. The van der Waals surface area contributed by atoms with E-state index in [2.05, 4.69) is 37.3 Å². The lowest BCUT2D eigenvalue weighted by Gasteiger charge is -2.35. The van der Waals surface area contributed by atoms with Crippen LogP contribution in [0, 0.1) is 5.92 Å². The van der Waals surface area contributed by atoms with E-state index in [9.17, 15) is 4.79 Å². The lowest BCUT2D eigenvalue weighted by molar-refractivity contribution is 0.00378. The number of allylic oxidation sites excluding steroid dienone is 1. The summed E-state index contributed by atoms with van der Waals surface area (Å²) in [5.74, 6) is -0.0743. The highest BCUT2D eigenvalue weighted by molar-refractivity contribution is 5.89. The number of hydrogen-bond acceptors (Lipinski definition) is 4. The maximum atomic E-state index is 12.5. The number of rotatable bonds is 6. The first-order chi connectivity index (χ1) is 14.1. The van der Waals surface area contributed by atoms with E-state index >= 15 is 0 Å². The summed E-state index contributed by atoms with van der Waals surface area (Å²) in [6, 6.07) is 19.6. The molecule has 2 aromatic rings. The van der Waals surface area contributed by atoms with E-state index in [1.807, 2.05) is 24.3 Å². The highest BCUT2D eigenvalue weighted by Gasteiger charge is 2.64. The van der Waals surface area contributed by atoms with E-state index in [0.717, 1.165) is 25.7 Å². The Morgan fingerprint density at radius 3 is 2.48 bits per heavy atom. The average molecular weight is 392 g/mol. The second kappa shape index (κ2) is 8.52. The number of carbonyl (C=O) groups is 1. The average Bonchev–Trinajstić information content (AvgIpc) is 3.48. The molecule has 0 N–H and O–H groups in total. The summed E-state index contributed by atoms with van der Waals surface area (Å²) in [6.07, 6.45) is 5.26. The molecule has 29 heavy (non-hydrogen) atoms. The molecule has 0 radical (unpaired) electrons. The van der Waals surface area contributed by atoms with Crippen LogP contribution < -0.4 is 0 Å². The molecule has 0 amide bonds. The Morgan fingerprint density at radius 2 is 1.83 bits per heavy atom. The Balaban J connectivity index is 1.47. The maximum Gasteiger partial charge on any atom is 0.338 e. The van der Waals surface area contributed by atoms with Gasteiger partial charge in [-0.2, -0.15) is 0 Å². The Hall–Kier alpha value is -2.43. The normalized spacial score (nSPS) is 28.9. The molecule has 1 aliphatic carbocycles. The minimum atomic E-state index is -0.276. The molecule has 1 aliphatic heterocycles. The second-order valence-electron chi connectivity index (χ2n) is 8.00. The minimum Gasteiger partial charge on any atom is -0.459 e. The van der Waals surface area contributed by atoms with E-state index in [1.54, 1.807) is 19.2 Å². The van der Waals surface area contributed by atoms with Crippen LogP contribution in [0.2, 0.25) is 0 Å². The van der Waals surface area contributed by atoms with Crippen molar-refractivity contribution in [2.45, 2.75) is 50.6 Å². The number of carbonyl (C=O) groups excluding carboxylic acids is 1. The second-order valence-corrected chi connectivity index (χ2v) is 8.00. The van der Waals surface area contributed by atoms with Crippen LogP contribution in [0.25, 0.3) is 0 Å². The van der Waals surface area contributed by atoms with Gasteiger partial charge in [-0.3, -0.25) is 0 Å². The molecule has 4 heteroatoms. The molecule has 0 aromatic heterocycles. The van der Waals surface area contributed by atoms with E-state index in [0.29, 0.717) is 5.56 Å². The van der Waals surface area contributed by atoms with Gasteiger partial charge in [0.2, 0.25) is 0 Å².